The molecule has 3 N–H and O–H groups in total. The molecule has 0 saturated heterocycles. The number of anilines is 1. The Morgan fingerprint density at radius 3 is 2.00 bits per heavy atom. The maximum absolute atomic E-state index is 7.74. The van der Waals surface area contributed by atoms with Gasteiger partial charge in [0, 0.05) is 22.9 Å². The average molecular weight is 581 g/mol. The lowest BCUT2D eigenvalue weighted by molar-refractivity contribution is 0.588. The van der Waals surface area contributed by atoms with E-state index in [0.29, 0.717) is 5.69 Å². The zero-order valence-corrected chi connectivity index (χ0v) is 25.8. The summed E-state index contributed by atoms with van der Waals surface area (Å²) in [5.41, 5.74) is 18.7. The molecule has 1 unspecified atom stereocenters. The topological polar surface area (TPSA) is 49.9 Å². The molecular formula is C43H36N2. The number of fused-ring (bicyclic) bond motifs is 3. The molecule has 0 spiro atoms. The molecule has 0 heterocycles. The van der Waals surface area contributed by atoms with E-state index in [1.165, 1.54) is 72.3 Å². The molecule has 7 rings (SSSR count). The van der Waals surface area contributed by atoms with Gasteiger partial charge in [0.2, 0.25) is 0 Å². The van der Waals surface area contributed by atoms with Gasteiger partial charge in [0.1, 0.15) is 0 Å². The van der Waals surface area contributed by atoms with Crippen LogP contribution in [0.1, 0.15) is 40.3 Å². The monoisotopic (exact) mass is 580 g/mol. The second kappa shape index (κ2) is 11.2. The Labute approximate surface area is 265 Å². The number of nitrogens with one attached hydrogen (secondary N) is 1. The lowest BCUT2D eigenvalue weighted by Crippen LogP contribution is -2.26. The molecule has 0 radical (unpaired) electrons. The Balaban J connectivity index is 1.54. The first-order chi connectivity index (χ1) is 21.9. The van der Waals surface area contributed by atoms with Crippen LogP contribution < -0.4 is 5.73 Å². The Hall–Kier alpha value is -5.47. The van der Waals surface area contributed by atoms with Gasteiger partial charge in [-0.25, -0.2) is 0 Å². The van der Waals surface area contributed by atoms with E-state index in [4.69, 9.17) is 11.1 Å². The lowest BCUT2D eigenvalue weighted by Gasteiger charge is -2.35. The first-order valence-corrected chi connectivity index (χ1v) is 15.5. The summed E-state index contributed by atoms with van der Waals surface area (Å²) in [5.74, 6) is 0. The summed E-state index contributed by atoms with van der Waals surface area (Å²) >= 11 is 0. The molecule has 0 amide bonds. The van der Waals surface area contributed by atoms with Crippen LogP contribution >= 0.6 is 0 Å². The van der Waals surface area contributed by atoms with Crippen LogP contribution in [0.4, 0.5) is 5.69 Å². The highest BCUT2D eigenvalue weighted by molar-refractivity contribution is 5.98. The van der Waals surface area contributed by atoms with Crippen molar-refractivity contribution >= 4 is 45.6 Å². The van der Waals surface area contributed by atoms with Crippen molar-refractivity contribution in [3.63, 3.8) is 0 Å². The Bertz CT molecular complexity index is 2210. The number of nitrogen functional groups attached to an aromatic ring is 1. The van der Waals surface area contributed by atoms with E-state index in [1.807, 2.05) is 24.3 Å². The molecule has 0 saturated carbocycles. The third kappa shape index (κ3) is 4.89. The van der Waals surface area contributed by atoms with E-state index in [0.717, 1.165) is 17.5 Å². The third-order valence-corrected chi connectivity index (χ3v) is 9.48. The Morgan fingerprint density at radius 2 is 1.40 bits per heavy atom. The molecule has 1 aliphatic carbocycles. The van der Waals surface area contributed by atoms with E-state index in [2.05, 4.69) is 130 Å². The van der Waals surface area contributed by atoms with Crippen molar-refractivity contribution in [2.45, 2.75) is 25.7 Å². The smallest absolute Gasteiger partial charge is 0.0406 e. The van der Waals surface area contributed by atoms with Gasteiger partial charge in [-0.15, -0.1) is 0 Å². The fourth-order valence-electron chi connectivity index (χ4n) is 7.06. The highest BCUT2D eigenvalue weighted by Crippen LogP contribution is 2.48. The summed E-state index contributed by atoms with van der Waals surface area (Å²) in [7, 11) is 0. The molecule has 0 aromatic heterocycles. The van der Waals surface area contributed by atoms with Crippen molar-refractivity contribution in [3.05, 3.63) is 161 Å². The Kier molecular flexibility index (Phi) is 7.06. The van der Waals surface area contributed by atoms with Crippen LogP contribution in [-0.4, -0.2) is 6.21 Å². The van der Waals surface area contributed by atoms with Crippen molar-refractivity contribution in [2.75, 3.05) is 5.73 Å². The standard InChI is InChI=1S/C43H36N2/c1-4-5-14-37-28(2)41(33-17-15-29-10-6-8-12-31(29)23-33)39-26-43(3,36-20-19-35(27-44)40(45)25-36)22-21-38(39)42(37)34-18-16-30-11-7-9-13-32(30)24-34/h4-25,27,44H,1,26,45H2,2-3H3/b14-5-,44-27?. The van der Waals surface area contributed by atoms with Crippen molar-refractivity contribution in [3.8, 4) is 22.3 Å². The SMILES string of the molecule is C=C/C=C\c1c(C)c(-c2ccc3ccccc3c2)c2c(c1-c1ccc3ccccc3c1)C=CC(C)(c1ccc(C=N)c(N)c1)C2. The van der Waals surface area contributed by atoms with Gasteiger partial charge in [0.15, 0.2) is 0 Å². The van der Waals surface area contributed by atoms with E-state index in [-0.39, 0.29) is 5.41 Å². The number of benzene rings is 6. The van der Waals surface area contributed by atoms with Crippen LogP contribution in [0.25, 0.3) is 56.0 Å². The van der Waals surface area contributed by atoms with Crippen molar-refractivity contribution < 1.29 is 0 Å². The average Bonchev–Trinajstić information content (AvgIpc) is 3.07. The first kappa shape index (κ1) is 28.3. The van der Waals surface area contributed by atoms with Gasteiger partial charge in [0.25, 0.3) is 0 Å². The summed E-state index contributed by atoms with van der Waals surface area (Å²) in [6.07, 6.45) is 12.9. The molecule has 0 bridgehead atoms. The van der Waals surface area contributed by atoms with E-state index in [9.17, 15) is 0 Å². The minimum Gasteiger partial charge on any atom is -0.398 e. The molecule has 45 heavy (non-hydrogen) atoms. The number of hydrogen-bond acceptors (Lipinski definition) is 2. The zero-order chi connectivity index (χ0) is 31.1. The van der Waals surface area contributed by atoms with Gasteiger partial charge in [-0.1, -0.05) is 129 Å². The summed E-state index contributed by atoms with van der Waals surface area (Å²) < 4.78 is 0. The number of nitrogens with two attached hydrogens (primary N) is 1. The summed E-state index contributed by atoms with van der Waals surface area (Å²) in [5, 5.41) is 12.7. The molecule has 0 aliphatic heterocycles. The van der Waals surface area contributed by atoms with Crippen LogP contribution in [0, 0.1) is 12.3 Å². The van der Waals surface area contributed by atoms with Gasteiger partial charge in [-0.2, -0.15) is 0 Å². The predicted octanol–water partition coefficient (Wildman–Crippen LogP) is 10.9. The van der Waals surface area contributed by atoms with Gasteiger partial charge in [-0.05, 0) is 103 Å². The second-order valence-electron chi connectivity index (χ2n) is 12.3. The maximum Gasteiger partial charge on any atom is 0.0406 e. The normalized spacial score (nSPS) is 15.9. The van der Waals surface area contributed by atoms with Crippen LogP contribution in [0.5, 0.6) is 0 Å². The molecule has 6 aromatic rings. The van der Waals surface area contributed by atoms with E-state index >= 15 is 0 Å². The molecule has 6 aromatic carbocycles. The zero-order valence-electron chi connectivity index (χ0n) is 25.8. The number of allylic oxidation sites excluding steroid dienone is 3. The molecule has 2 heteroatoms. The quantitative estimate of drug-likeness (QED) is 0.115. The van der Waals surface area contributed by atoms with Crippen LogP contribution in [0.2, 0.25) is 0 Å². The summed E-state index contributed by atoms with van der Waals surface area (Å²) in [6.45, 7) is 8.56. The fraction of sp³-hybridized carbons (Fsp3) is 0.0930. The molecule has 2 nitrogen and oxygen atoms in total. The molecule has 0 fully saturated rings. The van der Waals surface area contributed by atoms with E-state index < -0.39 is 0 Å². The number of rotatable bonds is 6. The summed E-state index contributed by atoms with van der Waals surface area (Å²) in [4.78, 5) is 0. The molecular weight excluding hydrogens is 544 g/mol. The van der Waals surface area contributed by atoms with E-state index in [1.54, 1.807) is 0 Å². The second-order valence-corrected chi connectivity index (χ2v) is 12.3. The van der Waals surface area contributed by atoms with Crippen molar-refractivity contribution in [1.82, 2.24) is 0 Å². The van der Waals surface area contributed by atoms with Crippen LogP contribution in [0.3, 0.4) is 0 Å². The number of hydrogen-bond donors (Lipinski definition) is 2. The molecule has 1 atom stereocenters. The Morgan fingerprint density at radius 1 is 0.778 bits per heavy atom. The van der Waals surface area contributed by atoms with Crippen LogP contribution in [0.15, 0.2) is 128 Å². The molecule has 1 aliphatic rings. The van der Waals surface area contributed by atoms with Gasteiger partial charge >= 0.3 is 0 Å². The third-order valence-electron chi connectivity index (χ3n) is 9.48. The van der Waals surface area contributed by atoms with Gasteiger partial charge in [-0.3, -0.25) is 0 Å². The highest BCUT2D eigenvalue weighted by Gasteiger charge is 2.33. The minimum absolute atomic E-state index is 0.279. The largest absolute Gasteiger partial charge is 0.398 e. The first-order valence-electron chi connectivity index (χ1n) is 15.5. The minimum atomic E-state index is -0.279. The highest BCUT2D eigenvalue weighted by atomic mass is 14.6. The van der Waals surface area contributed by atoms with Crippen molar-refractivity contribution in [1.29, 1.82) is 5.41 Å². The molecule has 218 valence electrons. The van der Waals surface area contributed by atoms with Gasteiger partial charge in [0.05, 0.1) is 0 Å². The summed E-state index contributed by atoms with van der Waals surface area (Å²) in [6, 6.07) is 36.9. The fourth-order valence-corrected chi connectivity index (χ4v) is 7.06. The maximum atomic E-state index is 7.74. The predicted molar refractivity (Wildman–Crippen MR) is 195 cm³/mol. The van der Waals surface area contributed by atoms with Gasteiger partial charge < -0.3 is 11.1 Å². The van der Waals surface area contributed by atoms with Crippen LogP contribution in [-0.2, 0) is 11.8 Å². The lowest BCUT2D eigenvalue weighted by atomic mass is 9.68. The van der Waals surface area contributed by atoms with Crippen molar-refractivity contribution in [2.24, 2.45) is 0 Å².